The van der Waals surface area contributed by atoms with E-state index in [2.05, 4.69) is 15.8 Å². The average molecular weight is 299 g/mol. The summed E-state index contributed by atoms with van der Waals surface area (Å²) in [5.41, 5.74) is 4.12. The van der Waals surface area contributed by atoms with Gasteiger partial charge in [-0.3, -0.25) is 9.59 Å². The lowest BCUT2D eigenvalue weighted by Crippen LogP contribution is -2.34. The molecule has 1 aliphatic carbocycles. The van der Waals surface area contributed by atoms with Gasteiger partial charge in [-0.15, -0.1) is 0 Å². The van der Waals surface area contributed by atoms with Gasteiger partial charge in [0.1, 0.15) is 0 Å². The molecule has 1 aromatic carbocycles. The molecule has 1 amide bonds. The van der Waals surface area contributed by atoms with Crippen molar-refractivity contribution in [1.29, 1.82) is 0 Å². The summed E-state index contributed by atoms with van der Waals surface area (Å²) in [7, 11) is 0. The lowest BCUT2D eigenvalue weighted by atomic mass is 9.79. The normalized spacial score (nSPS) is 17.2. The summed E-state index contributed by atoms with van der Waals surface area (Å²) < 4.78 is 0. The minimum Gasteiger partial charge on any atom is -0.379 e. The van der Waals surface area contributed by atoms with Gasteiger partial charge in [0.25, 0.3) is 5.91 Å². The number of allylic oxidation sites excluding steroid dienone is 2. The molecule has 2 N–H and O–H groups in total. The van der Waals surface area contributed by atoms with Crippen molar-refractivity contribution in [3.63, 3.8) is 0 Å². The third kappa shape index (κ3) is 5.16. The molecule has 1 aromatic rings. The first-order valence-corrected chi connectivity index (χ1v) is 7.29. The molecule has 1 aliphatic rings. The molecule has 0 bridgehead atoms. The summed E-state index contributed by atoms with van der Waals surface area (Å²) in [5.74, 6) is -0.148. The fourth-order valence-electron chi connectivity index (χ4n) is 2.41. The van der Waals surface area contributed by atoms with Gasteiger partial charge in [-0.05, 0) is 17.4 Å². The first kappa shape index (κ1) is 15.9. The molecule has 2 rings (SSSR count). The number of hydrazone groups is 1. The quantitative estimate of drug-likeness (QED) is 0.645. The first-order chi connectivity index (χ1) is 10.4. The van der Waals surface area contributed by atoms with Crippen LogP contribution in [0.25, 0.3) is 0 Å². The van der Waals surface area contributed by atoms with Crippen molar-refractivity contribution in [1.82, 2.24) is 10.7 Å². The van der Waals surface area contributed by atoms with Gasteiger partial charge in [0.05, 0.1) is 12.8 Å². The summed E-state index contributed by atoms with van der Waals surface area (Å²) in [6.45, 7) is 4.19. The van der Waals surface area contributed by atoms with Gasteiger partial charge in [0, 0.05) is 18.2 Å². The second-order valence-corrected chi connectivity index (χ2v) is 6.21. The van der Waals surface area contributed by atoms with Crippen molar-refractivity contribution >= 4 is 17.9 Å². The van der Waals surface area contributed by atoms with E-state index in [0.29, 0.717) is 6.42 Å². The predicted molar refractivity (Wildman–Crippen MR) is 86.3 cm³/mol. The third-order valence-corrected chi connectivity index (χ3v) is 3.34. The van der Waals surface area contributed by atoms with Gasteiger partial charge in [0.2, 0.25) is 0 Å². The Balaban J connectivity index is 1.78. The van der Waals surface area contributed by atoms with E-state index < -0.39 is 0 Å². The zero-order valence-electron chi connectivity index (χ0n) is 12.9. The van der Waals surface area contributed by atoms with Crippen LogP contribution in [0.15, 0.2) is 47.2 Å². The van der Waals surface area contributed by atoms with Gasteiger partial charge in [-0.25, -0.2) is 5.43 Å². The van der Waals surface area contributed by atoms with Crippen LogP contribution < -0.4 is 10.7 Å². The number of rotatable bonds is 5. The van der Waals surface area contributed by atoms with Crippen molar-refractivity contribution in [3.8, 4) is 0 Å². The van der Waals surface area contributed by atoms with Crippen LogP contribution in [0.4, 0.5) is 0 Å². The summed E-state index contributed by atoms with van der Waals surface area (Å²) in [6.07, 6.45) is 4.49. The van der Waals surface area contributed by atoms with E-state index >= 15 is 0 Å². The number of amides is 1. The van der Waals surface area contributed by atoms with E-state index in [1.807, 2.05) is 44.2 Å². The van der Waals surface area contributed by atoms with Crippen LogP contribution in [0.2, 0.25) is 0 Å². The fraction of sp³-hybridized carbons (Fsp3) is 0.353. The highest BCUT2D eigenvalue weighted by Gasteiger charge is 2.27. The summed E-state index contributed by atoms with van der Waals surface area (Å²) >= 11 is 0. The Labute approximate surface area is 130 Å². The number of hydrogen-bond acceptors (Lipinski definition) is 4. The molecule has 0 saturated carbocycles. The molecule has 0 atom stereocenters. The molecule has 116 valence electrons. The Kier molecular flexibility index (Phi) is 5.09. The average Bonchev–Trinajstić information content (AvgIpc) is 2.44. The molecule has 0 aromatic heterocycles. The number of nitrogens with one attached hydrogen (secondary N) is 2. The van der Waals surface area contributed by atoms with Crippen molar-refractivity contribution in [3.05, 3.63) is 47.7 Å². The van der Waals surface area contributed by atoms with Crippen molar-refractivity contribution in [2.24, 2.45) is 10.5 Å². The van der Waals surface area contributed by atoms with Crippen LogP contribution >= 0.6 is 0 Å². The fourth-order valence-corrected chi connectivity index (χ4v) is 2.41. The Bertz CT molecular complexity index is 604. The molecule has 0 radical (unpaired) electrons. The van der Waals surface area contributed by atoms with E-state index in [4.69, 9.17) is 0 Å². The molecule has 0 fully saturated rings. The lowest BCUT2D eigenvalue weighted by Gasteiger charge is -2.29. The maximum Gasteiger partial charge on any atom is 0.259 e. The van der Waals surface area contributed by atoms with Crippen LogP contribution in [0.5, 0.6) is 0 Å². The van der Waals surface area contributed by atoms with Crippen LogP contribution in [0.1, 0.15) is 32.3 Å². The number of benzene rings is 1. The lowest BCUT2D eigenvalue weighted by molar-refractivity contribution is -0.120. The SMILES string of the molecule is CC1(C)CC(=O)C=C(NCC(=O)N/N=C/c2ccccc2)C1. The Hall–Kier alpha value is -2.43. The monoisotopic (exact) mass is 299 g/mol. The van der Waals surface area contributed by atoms with Crippen LogP contribution in [-0.2, 0) is 9.59 Å². The standard InChI is InChI=1S/C17H21N3O2/c1-17(2)9-14(8-15(21)10-17)18-12-16(22)20-19-11-13-6-4-3-5-7-13/h3-8,11,18H,9-10,12H2,1-2H3,(H,20,22)/b19-11+. The zero-order chi connectivity index (χ0) is 16.0. The van der Waals surface area contributed by atoms with Crippen molar-refractivity contribution in [2.45, 2.75) is 26.7 Å². The van der Waals surface area contributed by atoms with Crippen LogP contribution in [0.3, 0.4) is 0 Å². The topological polar surface area (TPSA) is 70.6 Å². The largest absolute Gasteiger partial charge is 0.379 e. The Morgan fingerprint density at radius 1 is 1.27 bits per heavy atom. The minimum atomic E-state index is -0.246. The first-order valence-electron chi connectivity index (χ1n) is 7.29. The number of carbonyl (C=O) groups excluding carboxylic acids is 2. The van der Waals surface area contributed by atoms with Gasteiger partial charge in [0.15, 0.2) is 5.78 Å². The minimum absolute atomic E-state index is 0.0594. The maximum atomic E-state index is 11.7. The summed E-state index contributed by atoms with van der Waals surface area (Å²) in [4.78, 5) is 23.3. The molecule has 22 heavy (non-hydrogen) atoms. The molecule has 0 saturated heterocycles. The summed E-state index contributed by atoms with van der Waals surface area (Å²) in [6, 6.07) is 9.52. The molecule has 0 aliphatic heterocycles. The molecule has 0 spiro atoms. The second-order valence-electron chi connectivity index (χ2n) is 6.21. The van der Waals surface area contributed by atoms with E-state index in [0.717, 1.165) is 17.7 Å². The number of ketones is 1. The Morgan fingerprint density at radius 2 is 2.00 bits per heavy atom. The Morgan fingerprint density at radius 3 is 2.68 bits per heavy atom. The number of hydrogen-bond donors (Lipinski definition) is 2. The van der Waals surface area contributed by atoms with E-state index in [1.54, 1.807) is 12.3 Å². The van der Waals surface area contributed by atoms with Crippen molar-refractivity contribution < 1.29 is 9.59 Å². The number of carbonyl (C=O) groups is 2. The molecular weight excluding hydrogens is 278 g/mol. The van der Waals surface area contributed by atoms with Crippen molar-refractivity contribution in [2.75, 3.05) is 6.54 Å². The third-order valence-electron chi connectivity index (χ3n) is 3.34. The van der Waals surface area contributed by atoms with Gasteiger partial charge in [-0.1, -0.05) is 44.2 Å². The van der Waals surface area contributed by atoms with Gasteiger partial charge >= 0.3 is 0 Å². The molecule has 0 unspecified atom stereocenters. The van der Waals surface area contributed by atoms with Gasteiger partial charge < -0.3 is 5.32 Å². The highest BCUT2D eigenvalue weighted by molar-refractivity contribution is 5.92. The number of nitrogens with zero attached hydrogens (tertiary/aromatic N) is 1. The van der Waals surface area contributed by atoms with E-state index in [9.17, 15) is 9.59 Å². The highest BCUT2D eigenvalue weighted by atomic mass is 16.2. The summed E-state index contributed by atoms with van der Waals surface area (Å²) in [5, 5.41) is 6.91. The molecular formula is C17H21N3O2. The predicted octanol–water partition coefficient (Wildman–Crippen LogP) is 2.00. The van der Waals surface area contributed by atoms with Crippen LogP contribution in [0, 0.1) is 5.41 Å². The van der Waals surface area contributed by atoms with E-state index in [-0.39, 0.29) is 23.7 Å². The molecule has 5 nitrogen and oxygen atoms in total. The zero-order valence-corrected chi connectivity index (χ0v) is 12.9. The smallest absolute Gasteiger partial charge is 0.259 e. The molecule has 5 heteroatoms. The second kappa shape index (κ2) is 7.02. The maximum absolute atomic E-state index is 11.7. The van der Waals surface area contributed by atoms with Crippen LogP contribution in [-0.4, -0.2) is 24.4 Å². The van der Waals surface area contributed by atoms with E-state index in [1.165, 1.54) is 0 Å². The van der Waals surface area contributed by atoms with Gasteiger partial charge in [-0.2, -0.15) is 5.10 Å². The highest BCUT2D eigenvalue weighted by Crippen LogP contribution is 2.32. The molecule has 0 heterocycles.